The van der Waals surface area contributed by atoms with Crippen LogP contribution >= 0.6 is 0 Å². The molecule has 0 spiro atoms. The molecule has 0 aliphatic heterocycles. The molecule has 0 atom stereocenters. The number of carbonyl (C=O) groups excluding carboxylic acids is 1. The molecule has 0 heterocycles. The van der Waals surface area contributed by atoms with Crippen molar-refractivity contribution >= 4 is 11.6 Å². The Kier molecular flexibility index (Phi) is 2.62. The van der Waals surface area contributed by atoms with Gasteiger partial charge in [0.1, 0.15) is 0 Å². The van der Waals surface area contributed by atoms with Gasteiger partial charge >= 0.3 is 0 Å². The van der Waals surface area contributed by atoms with Gasteiger partial charge in [0.25, 0.3) is 0 Å². The number of hydrogen-bond donors (Lipinski definition) is 2. The average molecular weight is 204 g/mol. The molecule has 1 amide bonds. The molecule has 1 fully saturated rings. The van der Waals surface area contributed by atoms with Crippen LogP contribution in [0.4, 0.5) is 5.69 Å². The molecule has 2 rings (SSSR count). The zero-order valence-electron chi connectivity index (χ0n) is 8.92. The zero-order valence-corrected chi connectivity index (χ0v) is 8.92. The monoisotopic (exact) mass is 204 g/mol. The number of carbonyl (C=O) groups is 1. The molecule has 80 valence electrons. The van der Waals surface area contributed by atoms with Gasteiger partial charge in [-0.15, -0.1) is 0 Å². The van der Waals surface area contributed by atoms with E-state index in [9.17, 15) is 4.79 Å². The normalized spacial score (nSPS) is 15.8. The lowest BCUT2D eigenvalue weighted by Gasteiger charge is -2.28. The van der Waals surface area contributed by atoms with Gasteiger partial charge in [-0.05, 0) is 49.9 Å². The van der Waals surface area contributed by atoms with Crippen LogP contribution in [0, 0.1) is 6.92 Å². The van der Waals surface area contributed by atoms with E-state index >= 15 is 0 Å². The van der Waals surface area contributed by atoms with Crippen LogP contribution in [-0.4, -0.2) is 11.9 Å². The molecule has 1 aliphatic rings. The van der Waals surface area contributed by atoms with Crippen molar-refractivity contribution in [2.24, 2.45) is 5.73 Å². The van der Waals surface area contributed by atoms with Gasteiger partial charge in [-0.25, -0.2) is 0 Å². The fourth-order valence-electron chi connectivity index (χ4n) is 1.75. The number of benzene rings is 1. The Morgan fingerprint density at radius 1 is 1.47 bits per heavy atom. The van der Waals surface area contributed by atoms with Crippen LogP contribution in [0.3, 0.4) is 0 Å². The summed E-state index contributed by atoms with van der Waals surface area (Å²) in [4.78, 5) is 11.0. The first-order chi connectivity index (χ1) is 7.16. The lowest BCUT2D eigenvalue weighted by molar-refractivity contribution is 0.100. The molecule has 0 aromatic heterocycles. The summed E-state index contributed by atoms with van der Waals surface area (Å²) in [5.41, 5.74) is 7.98. The summed E-state index contributed by atoms with van der Waals surface area (Å²) in [5, 5.41) is 3.46. The van der Waals surface area contributed by atoms with Gasteiger partial charge in [0.05, 0.1) is 0 Å². The van der Waals surface area contributed by atoms with Crippen molar-refractivity contribution in [1.82, 2.24) is 0 Å². The summed E-state index contributed by atoms with van der Waals surface area (Å²) in [6.45, 7) is 1.99. The van der Waals surface area contributed by atoms with E-state index in [0.717, 1.165) is 11.3 Å². The minimum absolute atomic E-state index is 0.367. The fraction of sp³-hybridized carbons (Fsp3) is 0.417. The highest BCUT2D eigenvalue weighted by molar-refractivity contribution is 5.93. The first kappa shape index (κ1) is 10.0. The van der Waals surface area contributed by atoms with Gasteiger partial charge in [0.15, 0.2) is 0 Å². The molecule has 15 heavy (non-hydrogen) atoms. The molecule has 0 saturated heterocycles. The zero-order chi connectivity index (χ0) is 10.8. The summed E-state index contributed by atoms with van der Waals surface area (Å²) in [5.74, 6) is -0.367. The highest BCUT2D eigenvalue weighted by atomic mass is 16.1. The molecular formula is C12H16N2O. The van der Waals surface area contributed by atoms with E-state index in [2.05, 4.69) is 5.32 Å². The third-order valence-electron chi connectivity index (χ3n) is 2.98. The third kappa shape index (κ3) is 2.12. The van der Waals surface area contributed by atoms with E-state index in [1.54, 1.807) is 6.07 Å². The lowest BCUT2D eigenvalue weighted by atomic mass is 9.92. The Morgan fingerprint density at radius 2 is 2.20 bits per heavy atom. The first-order valence-electron chi connectivity index (χ1n) is 5.34. The van der Waals surface area contributed by atoms with Gasteiger partial charge < -0.3 is 11.1 Å². The van der Waals surface area contributed by atoms with E-state index in [0.29, 0.717) is 11.6 Å². The van der Waals surface area contributed by atoms with Crippen molar-refractivity contribution in [1.29, 1.82) is 0 Å². The van der Waals surface area contributed by atoms with E-state index < -0.39 is 0 Å². The molecule has 3 nitrogen and oxygen atoms in total. The maximum atomic E-state index is 11.0. The Bertz CT molecular complexity index is 383. The van der Waals surface area contributed by atoms with Gasteiger partial charge in [-0.3, -0.25) is 4.79 Å². The maximum absolute atomic E-state index is 11.0. The Balaban J connectivity index is 2.14. The smallest absolute Gasteiger partial charge is 0.248 e. The quantitative estimate of drug-likeness (QED) is 0.791. The molecule has 1 saturated carbocycles. The van der Waals surface area contributed by atoms with Crippen LogP contribution in [0.15, 0.2) is 18.2 Å². The predicted octanol–water partition coefficient (Wildman–Crippen LogP) is 2.06. The highest BCUT2D eigenvalue weighted by Crippen LogP contribution is 2.25. The van der Waals surface area contributed by atoms with Crippen LogP contribution in [-0.2, 0) is 0 Å². The second-order valence-electron chi connectivity index (χ2n) is 4.17. The molecule has 3 heteroatoms. The number of anilines is 1. The Morgan fingerprint density at radius 3 is 2.67 bits per heavy atom. The number of rotatable bonds is 3. The first-order valence-corrected chi connectivity index (χ1v) is 5.34. The van der Waals surface area contributed by atoms with E-state index in [1.807, 2.05) is 19.1 Å². The van der Waals surface area contributed by atoms with Crippen LogP contribution in [0.1, 0.15) is 35.2 Å². The number of primary amides is 1. The van der Waals surface area contributed by atoms with Crippen molar-refractivity contribution in [2.45, 2.75) is 32.2 Å². The number of hydrogen-bond acceptors (Lipinski definition) is 2. The van der Waals surface area contributed by atoms with Crippen LogP contribution in [0.2, 0.25) is 0 Å². The minimum Gasteiger partial charge on any atom is -0.382 e. The topological polar surface area (TPSA) is 55.1 Å². The summed E-state index contributed by atoms with van der Waals surface area (Å²) in [7, 11) is 0. The van der Waals surface area contributed by atoms with Gasteiger partial charge in [-0.2, -0.15) is 0 Å². The largest absolute Gasteiger partial charge is 0.382 e. The molecule has 0 unspecified atom stereocenters. The molecule has 0 bridgehead atoms. The van der Waals surface area contributed by atoms with Crippen molar-refractivity contribution in [2.75, 3.05) is 5.32 Å². The van der Waals surface area contributed by atoms with Crippen molar-refractivity contribution in [3.8, 4) is 0 Å². The van der Waals surface area contributed by atoms with E-state index in [4.69, 9.17) is 5.73 Å². The van der Waals surface area contributed by atoms with Crippen molar-refractivity contribution in [3.05, 3.63) is 29.3 Å². The second-order valence-corrected chi connectivity index (χ2v) is 4.17. The number of amides is 1. The highest BCUT2D eigenvalue weighted by Gasteiger charge is 2.17. The predicted molar refractivity (Wildman–Crippen MR) is 61.0 cm³/mol. The Labute approximate surface area is 89.7 Å². The summed E-state index contributed by atoms with van der Waals surface area (Å²) in [6.07, 6.45) is 3.81. The maximum Gasteiger partial charge on any atom is 0.248 e. The number of nitrogens with two attached hydrogens (primary N) is 1. The molecule has 1 aromatic carbocycles. The summed E-state index contributed by atoms with van der Waals surface area (Å²) in [6, 6.07) is 6.16. The summed E-state index contributed by atoms with van der Waals surface area (Å²) >= 11 is 0. The average Bonchev–Trinajstić information content (AvgIpc) is 2.12. The van der Waals surface area contributed by atoms with Crippen LogP contribution in [0.25, 0.3) is 0 Å². The lowest BCUT2D eigenvalue weighted by Crippen LogP contribution is -2.27. The SMILES string of the molecule is Cc1cc(C(N)=O)ccc1NC1CCC1. The molecule has 1 aliphatic carbocycles. The van der Waals surface area contributed by atoms with Crippen molar-refractivity contribution < 1.29 is 4.79 Å². The molecule has 0 radical (unpaired) electrons. The molecule has 3 N–H and O–H groups in total. The van der Waals surface area contributed by atoms with E-state index in [-0.39, 0.29) is 5.91 Å². The number of nitrogens with one attached hydrogen (secondary N) is 1. The summed E-state index contributed by atoms with van der Waals surface area (Å²) < 4.78 is 0. The standard InChI is InChI=1S/C12H16N2O/c1-8-7-9(12(13)15)5-6-11(8)14-10-3-2-4-10/h5-7,10,14H,2-4H2,1H3,(H2,13,15). The third-order valence-corrected chi connectivity index (χ3v) is 2.98. The fourth-order valence-corrected chi connectivity index (χ4v) is 1.75. The Hall–Kier alpha value is -1.51. The van der Waals surface area contributed by atoms with Crippen molar-refractivity contribution in [3.63, 3.8) is 0 Å². The van der Waals surface area contributed by atoms with Gasteiger partial charge in [0.2, 0.25) is 5.91 Å². The molecular weight excluding hydrogens is 188 g/mol. The van der Waals surface area contributed by atoms with Crippen LogP contribution in [0.5, 0.6) is 0 Å². The van der Waals surface area contributed by atoms with Crippen LogP contribution < -0.4 is 11.1 Å². The second kappa shape index (κ2) is 3.93. The number of aryl methyl sites for hydroxylation is 1. The molecule has 1 aromatic rings. The minimum atomic E-state index is -0.367. The van der Waals surface area contributed by atoms with Gasteiger partial charge in [0, 0.05) is 17.3 Å². The van der Waals surface area contributed by atoms with E-state index in [1.165, 1.54) is 19.3 Å². The van der Waals surface area contributed by atoms with Gasteiger partial charge in [-0.1, -0.05) is 0 Å².